The van der Waals surface area contributed by atoms with E-state index >= 15 is 0 Å². The van der Waals surface area contributed by atoms with Gasteiger partial charge in [0.15, 0.2) is 5.17 Å². The van der Waals surface area contributed by atoms with Crippen LogP contribution in [0.25, 0.3) is 0 Å². The van der Waals surface area contributed by atoms with Gasteiger partial charge in [-0.2, -0.15) is 0 Å². The molecule has 5 heteroatoms. The second kappa shape index (κ2) is 5.13. The molecule has 0 radical (unpaired) electrons. The van der Waals surface area contributed by atoms with E-state index in [4.69, 9.17) is 9.73 Å². The quantitative estimate of drug-likeness (QED) is 0.857. The number of thioether (sulfide) groups is 1. The minimum Gasteiger partial charge on any atom is -0.381 e. The molecule has 0 aromatic heterocycles. The van der Waals surface area contributed by atoms with E-state index in [1.807, 2.05) is 13.0 Å². The van der Waals surface area contributed by atoms with Crippen molar-refractivity contribution in [1.82, 2.24) is 0 Å². The molecule has 2 heterocycles. The number of benzene rings is 1. The Balaban J connectivity index is 1.75. The zero-order chi connectivity index (χ0) is 13.3. The second-order valence-corrected chi connectivity index (χ2v) is 6.11. The molecular formula is C14H17FN2OS. The summed E-state index contributed by atoms with van der Waals surface area (Å²) in [6.07, 6.45) is 1.92. The molecule has 2 aliphatic heterocycles. The number of aryl methyl sites for hydroxylation is 1. The zero-order valence-corrected chi connectivity index (χ0v) is 11.7. The maximum atomic E-state index is 13.8. The van der Waals surface area contributed by atoms with Crippen LogP contribution in [0.15, 0.2) is 23.2 Å². The predicted octanol–water partition coefficient (Wildman–Crippen LogP) is 3.20. The van der Waals surface area contributed by atoms with Gasteiger partial charge in [-0.1, -0.05) is 17.8 Å². The summed E-state index contributed by atoms with van der Waals surface area (Å²) < 4.78 is 19.2. The summed E-state index contributed by atoms with van der Waals surface area (Å²) in [7, 11) is 0. The molecule has 0 amide bonds. The molecule has 3 rings (SSSR count). The second-order valence-electron chi connectivity index (χ2n) is 5.15. The van der Waals surface area contributed by atoms with Crippen LogP contribution in [-0.4, -0.2) is 29.7 Å². The van der Waals surface area contributed by atoms with Crippen LogP contribution in [0.4, 0.5) is 10.1 Å². The first-order chi connectivity index (χ1) is 9.17. The van der Waals surface area contributed by atoms with Gasteiger partial charge in [-0.3, -0.25) is 4.99 Å². The van der Waals surface area contributed by atoms with Crippen molar-refractivity contribution in [3.05, 3.63) is 29.6 Å². The molecule has 102 valence electrons. The molecule has 0 bridgehead atoms. The maximum absolute atomic E-state index is 13.8. The van der Waals surface area contributed by atoms with Crippen LogP contribution in [0, 0.1) is 12.7 Å². The average Bonchev–Trinajstić information content (AvgIpc) is 2.77. The molecule has 3 nitrogen and oxygen atoms in total. The van der Waals surface area contributed by atoms with Crippen LogP contribution in [-0.2, 0) is 4.74 Å². The number of halogens is 1. The lowest BCUT2D eigenvalue weighted by atomic mass is 9.93. The third-order valence-electron chi connectivity index (χ3n) is 3.61. The van der Waals surface area contributed by atoms with Gasteiger partial charge in [-0.25, -0.2) is 4.39 Å². The molecule has 1 N–H and O–H groups in total. The number of hydrogen-bond acceptors (Lipinski definition) is 4. The third kappa shape index (κ3) is 2.77. The van der Waals surface area contributed by atoms with Gasteiger partial charge >= 0.3 is 0 Å². The number of aliphatic imine (C=N–C) groups is 1. The fourth-order valence-corrected chi connectivity index (χ4v) is 3.59. The van der Waals surface area contributed by atoms with Crippen molar-refractivity contribution in [2.24, 2.45) is 4.99 Å². The summed E-state index contributed by atoms with van der Waals surface area (Å²) in [6.45, 7) is 3.43. The average molecular weight is 280 g/mol. The number of anilines is 1. The SMILES string of the molecule is Cc1ccc(NC2=NC3(CCOCC3)CS2)c(F)c1. The van der Waals surface area contributed by atoms with Gasteiger partial charge < -0.3 is 10.1 Å². The minimum atomic E-state index is -0.226. The highest BCUT2D eigenvalue weighted by molar-refractivity contribution is 8.14. The van der Waals surface area contributed by atoms with Crippen molar-refractivity contribution in [3.63, 3.8) is 0 Å². The van der Waals surface area contributed by atoms with E-state index in [9.17, 15) is 4.39 Å². The molecule has 19 heavy (non-hydrogen) atoms. The Morgan fingerprint density at radius 1 is 1.37 bits per heavy atom. The van der Waals surface area contributed by atoms with Crippen molar-refractivity contribution in [1.29, 1.82) is 0 Å². The topological polar surface area (TPSA) is 33.6 Å². The normalized spacial score (nSPS) is 21.5. The molecule has 0 saturated carbocycles. The summed E-state index contributed by atoms with van der Waals surface area (Å²) in [5.74, 6) is 0.739. The van der Waals surface area contributed by atoms with Crippen molar-refractivity contribution in [2.75, 3.05) is 24.3 Å². The number of ether oxygens (including phenoxy) is 1. The Bertz CT molecular complexity index is 512. The largest absolute Gasteiger partial charge is 0.381 e. The molecule has 1 saturated heterocycles. The minimum absolute atomic E-state index is 0.00637. The summed E-state index contributed by atoms with van der Waals surface area (Å²) in [5, 5.41) is 3.93. The highest BCUT2D eigenvalue weighted by atomic mass is 32.2. The van der Waals surface area contributed by atoms with E-state index in [0.717, 1.165) is 42.5 Å². The summed E-state index contributed by atoms with van der Waals surface area (Å²) in [4.78, 5) is 4.76. The third-order valence-corrected chi connectivity index (χ3v) is 4.75. The van der Waals surface area contributed by atoms with Gasteiger partial charge in [0.1, 0.15) is 5.82 Å². The fraction of sp³-hybridized carbons (Fsp3) is 0.500. The Morgan fingerprint density at radius 3 is 2.89 bits per heavy atom. The number of nitrogens with one attached hydrogen (secondary N) is 1. The van der Waals surface area contributed by atoms with E-state index in [1.54, 1.807) is 17.8 Å². The summed E-state index contributed by atoms with van der Waals surface area (Å²) in [5.41, 5.74) is 1.43. The first-order valence-corrected chi connectivity index (χ1v) is 7.49. The van der Waals surface area contributed by atoms with Crippen LogP contribution in [0.1, 0.15) is 18.4 Å². The first-order valence-electron chi connectivity index (χ1n) is 6.51. The van der Waals surface area contributed by atoms with Gasteiger partial charge in [0.25, 0.3) is 0 Å². The number of amidine groups is 1. The smallest absolute Gasteiger partial charge is 0.161 e. The number of hydrogen-bond donors (Lipinski definition) is 1. The summed E-state index contributed by atoms with van der Waals surface area (Å²) >= 11 is 1.67. The standard InChI is InChI=1S/C14H17FN2OS/c1-10-2-3-12(11(15)8-10)16-13-17-14(9-19-13)4-6-18-7-5-14/h2-3,8H,4-7,9H2,1H3,(H,16,17). The van der Waals surface area contributed by atoms with Crippen LogP contribution in [0.2, 0.25) is 0 Å². The lowest BCUT2D eigenvalue weighted by molar-refractivity contribution is 0.0624. The Labute approximate surface area is 116 Å². The molecule has 1 aromatic rings. The fourth-order valence-electron chi connectivity index (χ4n) is 2.39. The molecule has 1 fully saturated rings. The van der Waals surface area contributed by atoms with Crippen LogP contribution >= 0.6 is 11.8 Å². The monoisotopic (exact) mass is 280 g/mol. The molecular weight excluding hydrogens is 263 g/mol. The Morgan fingerprint density at radius 2 is 2.16 bits per heavy atom. The number of nitrogens with zero attached hydrogens (tertiary/aromatic N) is 1. The molecule has 0 atom stereocenters. The maximum Gasteiger partial charge on any atom is 0.161 e. The van der Waals surface area contributed by atoms with Crippen molar-refractivity contribution in [2.45, 2.75) is 25.3 Å². The van der Waals surface area contributed by atoms with E-state index in [0.29, 0.717) is 5.69 Å². The van der Waals surface area contributed by atoms with E-state index in [-0.39, 0.29) is 11.4 Å². The van der Waals surface area contributed by atoms with Gasteiger partial charge in [-0.05, 0) is 37.5 Å². The molecule has 1 spiro atoms. The zero-order valence-electron chi connectivity index (χ0n) is 10.9. The van der Waals surface area contributed by atoms with Gasteiger partial charge in [0, 0.05) is 19.0 Å². The Kier molecular flexibility index (Phi) is 3.50. The summed E-state index contributed by atoms with van der Waals surface area (Å²) in [6, 6.07) is 5.20. The van der Waals surface area contributed by atoms with Crippen LogP contribution in [0.5, 0.6) is 0 Å². The van der Waals surface area contributed by atoms with E-state index < -0.39 is 0 Å². The van der Waals surface area contributed by atoms with E-state index in [2.05, 4.69) is 5.32 Å². The molecule has 0 unspecified atom stereocenters. The molecule has 1 aromatic carbocycles. The van der Waals surface area contributed by atoms with Crippen LogP contribution < -0.4 is 5.32 Å². The predicted molar refractivity (Wildman–Crippen MR) is 77.4 cm³/mol. The van der Waals surface area contributed by atoms with E-state index in [1.165, 1.54) is 6.07 Å². The van der Waals surface area contributed by atoms with Gasteiger partial charge in [0.05, 0.1) is 11.2 Å². The van der Waals surface area contributed by atoms with Crippen LogP contribution in [0.3, 0.4) is 0 Å². The highest BCUT2D eigenvalue weighted by Gasteiger charge is 2.37. The van der Waals surface area contributed by atoms with Crippen molar-refractivity contribution < 1.29 is 9.13 Å². The number of rotatable bonds is 1. The molecule has 2 aliphatic rings. The highest BCUT2D eigenvalue weighted by Crippen LogP contribution is 2.36. The van der Waals surface area contributed by atoms with Gasteiger partial charge in [-0.15, -0.1) is 0 Å². The lowest BCUT2D eigenvalue weighted by Crippen LogP contribution is -2.34. The lowest BCUT2D eigenvalue weighted by Gasteiger charge is -2.29. The molecule has 0 aliphatic carbocycles. The van der Waals surface area contributed by atoms with Gasteiger partial charge in [0.2, 0.25) is 0 Å². The van der Waals surface area contributed by atoms with Crippen molar-refractivity contribution in [3.8, 4) is 0 Å². The Hall–Kier alpha value is -1.07. The van der Waals surface area contributed by atoms with Crippen molar-refractivity contribution >= 4 is 22.6 Å². The first kappa shape index (κ1) is 12.9.